The minimum atomic E-state index is -0.704. The van der Waals surface area contributed by atoms with Crippen LogP contribution in [0.4, 0.5) is 0 Å². The normalized spacial score (nSPS) is 12.7. The van der Waals surface area contributed by atoms with Crippen LogP contribution in [0, 0.1) is 13.8 Å². The molecule has 0 radical (unpaired) electrons. The van der Waals surface area contributed by atoms with Gasteiger partial charge in [0, 0.05) is 26.2 Å². The van der Waals surface area contributed by atoms with E-state index in [-0.39, 0.29) is 31.1 Å². The van der Waals surface area contributed by atoms with E-state index in [1.807, 2.05) is 38.1 Å². The topological polar surface area (TPSA) is 97.4 Å². The van der Waals surface area contributed by atoms with Crippen molar-refractivity contribution in [2.24, 2.45) is 0 Å². The summed E-state index contributed by atoms with van der Waals surface area (Å²) in [6.07, 6.45) is -1.22. The highest BCUT2D eigenvalue weighted by molar-refractivity contribution is 6.18. The predicted octanol–water partition coefficient (Wildman–Crippen LogP) is 5.05. The summed E-state index contributed by atoms with van der Waals surface area (Å²) in [7, 11) is 0. The first-order chi connectivity index (χ1) is 17.8. The monoisotopic (exact) mass is 548 g/mol. The Bertz CT molecular complexity index is 1130. The Morgan fingerprint density at radius 3 is 1.58 bits per heavy atom. The third-order valence-electron chi connectivity index (χ3n) is 5.95. The summed E-state index contributed by atoms with van der Waals surface area (Å²) in [5.74, 6) is 0.162. The molecule has 0 bridgehead atoms. The molecule has 0 unspecified atom stereocenters. The Morgan fingerprint density at radius 2 is 1.18 bits per heavy atom. The average Bonchev–Trinajstić information content (AvgIpc) is 2.83. The first kappa shape index (κ1) is 31.0. The van der Waals surface area contributed by atoms with Gasteiger partial charge in [-0.3, -0.25) is 14.4 Å². The molecule has 2 aromatic rings. The lowest BCUT2D eigenvalue weighted by Gasteiger charge is -2.28. The van der Waals surface area contributed by atoms with Crippen molar-refractivity contribution in [2.75, 3.05) is 25.7 Å². The van der Waals surface area contributed by atoms with E-state index in [0.717, 1.165) is 22.3 Å². The molecule has 0 saturated heterocycles. The number of esters is 3. The van der Waals surface area contributed by atoms with Gasteiger partial charge in [0.25, 0.3) is 0 Å². The summed E-state index contributed by atoms with van der Waals surface area (Å²) in [4.78, 5) is 33.7. The maximum atomic E-state index is 11.4. The highest BCUT2D eigenvalue weighted by Gasteiger charge is 2.25. The van der Waals surface area contributed by atoms with Gasteiger partial charge < -0.3 is 23.7 Å². The molecule has 2 rings (SSSR count). The van der Waals surface area contributed by atoms with Gasteiger partial charge in [0.05, 0.1) is 5.88 Å². The summed E-state index contributed by atoms with van der Waals surface area (Å²) in [5, 5.41) is 0. The molecule has 0 spiro atoms. The molecule has 208 valence electrons. The lowest BCUT2D eigenvalue weighted by molar-refractivity contribution is -0.158. The van der Waals surface area contributed by atoms with Gasteiger partial charge in [0.15, 0.2) is 6.10 Å². The van der Waals surface area contributed by atoms with Crippen LogP contribution >= 0.6 is 11.6 Å². The van der Waals surface area contributed by atoms with Crippen molar-refractivity contribution >= 4 is 29.5 Å². The highest BCUT2D eigenvalue weighted by atomic mass is 35.5. The molecule has 0 fully saturated rings. The highest BCUT2D eigenvalue weighted by Crippen LogP contribution is 2.36. The molecule has 0 aliphatic carbocycles. The van der Waals surface area contributed by atoms with Gasteiger partial charge in [0.2, 0.25) is 0 Å². The molecule has 9 heteroatoms. The molecular weight excluding hydrogens is 512 g/mol. The van der Waals surface area contributed by atoms with Gasteiger partial charge in [-0.25, -0.2) is 0 Å². The fraction of sp³-hybridized carbons (Fsp3) is 0.483. The van der Waals surface area contributed by atoms with Crippen LogP contribution in [0.25, 0.3) is 0 Å². The lowest BCUT2D eigenvalue weighted by Crippen LogP contribution is -2.30. The second-order valence-electron chi connectivity index (χ2n) is 9.63. The van der Waals surface area contributed by atoms with Crippen LogP contribution in [0.2, 0.25) is 0 Å². The van der Waals surface area contributed by atoms with E-state index in [1.165, 1.54) is 20.8 Å². The van der Waals surface area contributed by atoms with Gasteiger partial charge in [-0.1, -0.05) is 38.1 Å². The molecule has 0 saturated carbocycles. The first-order valence-electron chi connectivity index (χ1n) is 12.3. The Morgan fingerprint density at radius 1 is 0.737 bits per heavy atom. The molecule has 2 atom stereocenters. The molecular formula is C29H37ClO8. The number of carbonyl (C=O) groups excluding carboxylic acids is 3. The van der Waals surface area contributed by atoms with E-state index < -0.39 is 30.1 Å². The average molecular weight is 549 g/mol. The van der Waals surface area contributed by atoms with E-state index in [2.05, 4.69) is 26.0 Å². The molecule has 0 heterocycles. The van der Waals surface area contributed by atoms with Crippen LogP contribution in [0.15, 0.2) is 36.4 Å². The molecule has 0 aromatic heterocycles. The van der Waals surface area contributed by atoms with Crippen LogP contribution in [0.3, 0.4) is 0 Å². The van der Waals surface area contributed by atoms with Crippen molar-refractivity contribution < 1.29 is 38.1 Å². The Labute approximate surface area is 229 Å². The summed E-state index contributed by atoms with van der Waals surface area (Å²) in [6, 6.07) is 12.0. The number of hydrogen-bond acceptors (Lipinski definition) is 8. The van der Waals surface area contributed by atoms with E-state index in [4.69, 9.17) is 35.3 Å². The zero-order chi connectivity index (χ0) is 28.5. The maximum absolute atomic E-state index is 11.4. The number of halogens is 1. The zero-order valence-corrected chi connectivity index (χ0v) is 23.8. The van der Waals surface area contributed by atoms with Crippen LogP contribution < -0.4 is 9.47 Å². The summed E-state index contributed by atoms with van der Waals surface area (Å²) in [6.45, 7) is 12.3. The number of rotatable bonds is 13. The third kappa shape index (κ3) is 9.24. The van der Waals surface area contributed by atoms with Gasteiger partial charge in [-0.2, -0.15) is 0 Å². The van der Waals surface area contributed by atoms with Crippen molar-refractivity contribution in [1.82, 2.24) is 0 Å². The van der Waals surface area contributed by atoms with Crippen LogP contribution in [0.1, 0.15) is 56.9 Å². The Hall–Kier alpha value is -3.26. The fourth-order valence-electron chi connectivity index (χ4n) is 3.84. The van der Waals surface area contributed by atoms with Crippen LogP contribution in [0.5, 0.6) is 11.5 Å². The SMILES string of the molecule is CC(=O)OC[C@@H](COc1ccc(C(C)(C)c2ccc(OC[C@H](CCl)OC(C)=O)c(C)c2)cc1C)OC(C)=O. The number of carbonyl (C=O) groups is 3. The number of hydrogen-bond donors (Lipinski definition) is 0. The Balaban J connectivity index is 2.13. The molecule has 8 nitrogen and oxygen atoms in total. The summed E-state index contributed by atoms with van der Waals surface area (Å²) >= 11 is 5.87. The maximum Gasteiger partial charge on any atom is 0.303 e. The van der Waals surface area contributed by atoms with Gasteiger partial charge in [-0.05, 0) is 48.2 Å². The third-order valence-corrected chi connectivity index (χ3v) is 6.30. The fourth-order valence-corrected chi connectivity index (χ4v) is 3.99. The lowest BCUT2D eigenvalue weighted by atomic mass is 9.77. The van der Waals surface area contributed by atoms with Crippen LogP contribution in [-0.2, 0) is 34.0 Å². The van der Waals surface area contributed by atoms with E-state index in [9.17, 15) is 14.4 Å². The molecule has 0 aliphatic rings. The molecule has 2 aromatic carbocycles. The number of benzene rings is 2. The Kier molecular flexibility index (Phi) is 11.4. The molecule has 38 heavy (non-hydrogen) atoms. The smallest absolute Gasteiger partial charge is 0.303 e. The van der Waals surface area contributed by atoms with Gasteiger partial charge in [-0.15, -0.1) is 11.6 Å². The molecule has 0 N–H and O–H groups in total. The molecule has 0 aliphatic heterocycles. The van der Waals surface area contributed by atoms with Crippen molar-refractivity contribution in [1.29, 1.82) is 0 Å². The quantitative estimate of drug-likeness (QED) is 0.195. The van der Waals surface area contributed by atoms with Gasteiger partial charge >= 0.3 is 17.9 Å². The number of ether oxygens (including phenoxy) is 5. The van der Waals surface area contributed by atoms with Crippen molar-refractivity contribution in [2.45, 2.75) is 66.1 Å². The number of alkyl halides is 1. The summed E-state index contributed by atoms with van der Waals surface area (Å²) in [5.41, 5.74) is 3.73. The van der Waals surface area contributed by atoms with Crippen LogP contribution in [-0.4, -0.2) is 55.8 Å². The first-order valence-corrected chi connectivity index (χ1v) is 12.9. The minimum Gasteiger partial charge on any atom is -0.489 e. The minimum absolute atomic E-state index is 0.0547. The zero-order valence-electron chi connectivity index (χ0n) is 23.1. The number of aryl methyl sites for hydroxylation is 2. The largest absolute Gasteiger partial charge is 0.489 e. The van der Waals surface area contributed by atoms with E-state index in [1.54, 1.807) is 0 Å². The van der Waals surface area contributed by atoms with Crippen molar-refractivity contribution in [3.05, 3.63) is 58.7 Å². The van der Waals surface area contributed by atoms with Gasteiger partial charge in [0.1, 0.15) is 37.4 Å². The van der Waals surface area contributed by atoms with E-state index in [0.29, 0.717) is 11.5 Å². The second kappa shape index (κ2) is 14.0. The predicted molar refractivity (Wildman–Crippen MR) is 144 cm³/mol. The molecule has 0 amide bonds. The van der Waals surface area contributed by atoms with Crippen molar-refractivity contribution in [3.8, 4) is 11.5 Å². The standard InChI is InChI=1S/C29H37ClO8/c1-18-12-23(8-10-27(18)35-15-25(14-30)37-21(4)32)29(6,7)24-9-11-28(19(2)13-24)36-17-26(38-22(5)33)16-34-20(3)31/h8-13,25-26H,14-17H2,1-7H3/t25-,26-/m0/s1. The van der Waals surface area contributed by atoms with Crippen molar-refractivity contribution in [3.63, 3.8) is 0 Å². The van der Waals surface area contributed by atoms with E-state index >= 15 is 0 Å². The summed E-state index contributed by atoms with van der Waals surface area (Å²) < 4.78 is 27.1. The second-order valence-corrected chi connectivity index (χ2v) is 9.94.